The Morgan fingerprint density at radius 3 is 1.24 bits per heavy atom. The molecular weight excluding hydrogens is 524 g/mol. The normalized spacial score (nSPS) is 13.3. The number of esters is 2. The Balaban J connectivity index is 6.04. The lowest BCUT2D eigenvalue weighted by Crippen LogP contribution is -2.43. The zero-order chi connectivity index (χ0) is 31.3. The Kier molecular flexibility index (Phi) is 28.2. The molecule has 0 amide bonds. The van der Waals surface area contributed by atoms with Crippen molar-refractivity contribution < 1.29 is 24.5 Å². The van der Waals surface area contributed by atoms with Crippen LogP contribution >= 0.6 is 0 Å². The van der Waals surface area contributed by atoms with Crippen LogP contribution in [0.1, 0.15) is 201 Å². The van der Waals surface area contributed by atoms with Gasteiger partial charge in [-0.1, -0.05) is 175 Å². The maximum absolute atomic E-state index is 14.1. The van der Waals surface area contributed by atoms with Gasteiger partial charge in [0.05, 0.1) is 12.0 Å². The Hall–Kier alpha value is -0.940. The van der Waals surface area contributed by atoms with E-state index in [0.717, 1.165) is 64.2 Å². The molecule has 0 spiro atoms. The molecule has 0 bridgehead atoms. The smallest absolute Gasteiger partial charge is 0.345 e. The first-order chi connectivity index (χ1) is 20.4. The Morgan fingerprint density at radius 1 is 0.548 bits per heavy atom. The summed E-state index contributed by atoms with van der Waals surface area (Å²) in [6.45, 7) is 8.21. The van der Waals surface area contributed by atoms with Crippen LogP contribution in [0.4, 0.5) is 0 Å². The third kappa shape index (κ3) is 19.4. The summed E-state index contributed by atoms with van der Waals surface area (Å²) in [6, 6.07) is 0. The van der Waals surface area contributed by atoms with Gasteiger partial charge in [0.25, 0.3) is 0 Å². The summed E-state index contributed by atoms with van der Waals surface area (Å²) in [5.74, 6) is -1.26. The number of ether oxygens (including phenoxy) is 1. The first-order valence-corrected chi connectivity index (χ1v) is 18.5. The van der Waals surface area contributed by atoms with Crippen molar-refractivity contribution >= 4 is 11.9 Å². The van der Waals surface area contributed by atoms with Crippen molar-refractivity contribution in [1.29, 1.82) is 0 Å². The highest BCUT2D eigenvalue weighted by molar-refractivity contribution is 5.91. The lowest BCUT2D eigenvalue weighted by molar-refractivity contribution is -0.177. The van der Waals surface area contributed by atoms with Crippen LogP contribution < -0.4 is 0 Å². The predicted octanol–water partition coefficient (Wildman–Crippen LogP) is 10.6. The summed E-state index contributed by atoms with van der Waals surface area (Å²) in [5, 5.41) is 19.3. The molecule has 5 heteroatoms. The predicted molar refractivity (Wildman–Crippen MR) is 177 cm³/mol. The van der Waals surface area contributed by atoms with Gasteiger partial charge in [-0.15, -0.1) is 0 Å². The van der Waals surface area contributed by atoms with Crippen molar-refractivity contribution in [3.8, 4) is 0 Å². The molecule has 0 saturated carbocycles. The van der Waals surface area contributed by atoms with Crippen molar-refractivity contribution in [2.24, 2.45) is 11.3 Å². The minimum absolute atomic E-state index is 0.183. The fraction of sp³-hybridized carbons (Fsp3) is 0.946. The van der Waals surface area contributed by atoms with Crippen LogP contribution in [0.5, 0.6) is 0 Å². The largest absolute Gasteiger partial charge is 0.393 e. The highest BCUT2D eigenvalue weighted by atomic mass is 16.6. The summed E-state index contributed by atoms with van der Waals surface area (Å²) in [5.41, 5.74) is -0.700. The van der Waals surface area contributed by atoms with Gasteiger partial charge in [0.15, 0.2) is 6.10 Å². The van der Waals surface area contributed by atoms with Crippen molar-refractivity contribution in [2.45, 2.75) is 207 Å². The van der Waals surface area contributed by atoms with E-state index in [2.05, 4.69) is 27.7 Å². The molecule has 2 unspecified atom stereocenters. The van der Waals surface area contributed by atoms with Crippen LogP contribution in [-0.2, 0) is 14.3 Å². The average Bonchev–Trinajstić information content (AvgIpc) is 2.99. The first kappa shape index (κ1) is 41.1. The van der Waals surface area contributed by atoms with E-state index >= 15 is 0 Å². The minimum atomic E-state index is -1.67. The Labute approximate surface area is 261 Å². The second kappa shape index (κ2) is 28.8. The second-order valence-corrected chi connectivity index (χ2v) is 13.1. The van der Waals surface area contributed by atoms with Crippen molar-refractivity contribution in [2.75, 3.05) is 6.61 Å². The Bertz CT molecular complexity index is 603. The van der Waals surface area contributed by atoms with Crippen LogP contribution in [0.3, 0.4) is 0 Å². The summed E-state index contributed by atoms with van der Waals surface area (Å²) in [7, 11) is 0. The van der Waals surface area contributed by atoms with Gasteiger partial charge in [0, 0.05) is 0 Å². The fourth-order valence-corrected chi connectivity index (χ4v) is 6.54. The number of carbonyl (C=O) groups is 2. The molecule has 0 radical (unpaired) electrons. The minimum Gasteiger partial charge on any atom is -0.393 e. The van der Waals surface area contributed by atoms with Crippen molar-refractivity contribution in [3.05, 3.63) is 0 Å². The van der Waals surface area contributed by atoms with Gasteiger partial charge < -0.3 is 14.9 Å². The number of carbonyl (C=O) groups excluding carboxylic acids is 2. The number of hydrogen-bond donors (Lipinski definition) is 2. The number of aliphatic hydroxyl groups is 2. The van der Waals surface area contributed by atoms with E-state index in [1.807, 2.05) is 0 Å². The van der Waals surface area contributed by atoms with Crippen LogP contribution in [0.2, 0.25) is 0 Å². The summed E-state index contributed by atoms with van der Waals surface area (Å²) in [4.78, 5) is 26.7. The number of hydrogen-bond acceptors (Lipinski definition) is 5. The maximum atomic E-state index is 14.1. The molecule has 0 fully saturated rings. The van der Waals surface area contributed by atoms with E-state index in [9.17, 15) is 19.8 Å². The molecule has 0 heterocycles. The number of unbranched alkanes of at least 4 members (excludes halogenated alkanes) is 19. The lowest BCUT2D eigenvalue weighted by Gasteiger charge is -2.39. The molecule has 0 aliphatic rings. The standard InChI is InChI=1S/C37H72O5/c1-5-9-13-17-21-25-29-33(28-24-20-16-12-8-4)37(30-26-22-18-14-10-6-2,31-27-23-19-15-11-7-3)36(41)42-35(40)34(39)32-38/h33-34,38-39H,5-32H2,1-4H3. The Morgan fingerprint density at radius 2 is 0.881 bits per heavy atom. The molecule has 0 rings (SSSR count). The molecule has 0 saturated heterocycles. The van der Waals surface area contributed by atoms with Gasteiger partial charge in [0.1, 0.15) is 0 Å². The third-order valence-electron chi connectivity index (χ3n) is 9.34. The molecule has 250 valence electrons. The zero-order valence-corrected chi connectivity index (χ0v) is 28.6. The molecule has 0 aliphatic carbocycles. The highest BCUT2D eigenvalue weighted by Crippen LogP contribution is 2.46. The van der Waals surface area contributed by atoms with E-state index in [-0.39, 0.29) is 5.92 Å². The van der Waals surface area contributed by atoms with Crippen LogP contribution in [0, 0.1) is 11.3 Å². The van der Waals surface area contributed by atoms with Gasteiger partial charge in [-0.05, 0) is 31.6 Å². The SMILES string of the molecule is CCCCCCCCC(CCCCCCC)C(CCCCCCCC)(CCCCCCCC)C(=O)OC(=O)C(O)CO. The second-order valence-electron chi connectivity index (χ2n) is 13.1. The van der Waals surface area contributed by atoms with E-state index < -0.39 is 30.1 Å². The first-order valence-electron chi connectivity index (χ1n) is 18.5. The van der Waals surface area contributed by atoms with Gasteiger partial charge in [-0.3, -0.25) is 4.79 Å². The summed E-state index contributed by atoms with van der Waals surface area (Å²) < 4.78 is 5.46. The van der Waals surface area contributed by atoms with Crippen molar-refractivity contribution in [3.63, 3.8) is 0 Å². The molecule has 0 aliphatic heterocycles. The zero-order valence-electron chi connectivity index (χ0n) is 28.6. The topological polar surface area (TPSA) is 83.8 Å². The monoisotopic (exact) mass is 597 g/mol. The van der Waals surface area contributed by atoms with Crippen LogP contribution in [0.25, 0.3) is 0 Å². The third-order valence-corrected chi connectivity index (χ3v) is 9.34. The van der Waals surface area contributed by atoms with Gasteiger partial charge in [0.2, 0.25) is 0 Å². The quantitative estimate of drug-likeness (QED) is 0.0472. The van der Waals surface area contributed by atoms with Crippen molar-refractivity contribution in [1.82, 2.24) is 0 Å². The molecule has 2 atom stereocenters. The van der Waals surface area contributed by atoms with Gasteiger partial charge in [-0.2, -0.15) is 0 Å². The average molecular weight is 597 g/mol. The van der Waals surface area contributed by atoms with Gasteiger partial charge in [-0.25, -0.2) is 4.79 Å². The molecule has 0 aromatic rings. The van der Waals surface area contributed by atoms with E-state index in [0.29, 0.717) is 0 Å². The van der Waals surface area contributed by atoms with E-state index in [4.69, 9.17) is 4.74 Å². The summed E-state index contributed by atoms with van der Waals surface area (Å²) >= 11 is 0. The van der Waals surface area contributed by atoms with E-state index in [1.54, 1.807) is 0 Å². The highest BCUT2D eigenvalue weighted by Gasteiger charge is 2.46. The van der Waals surface area contributed by atoms with Crippen LogP contribution in [-0.4, -0.2) is 34.9 Å². The molecule has 0 aromatic carbocycles. The number of rotatable bonds is 31. The molecule has 42 heavy (non-hydrogen) atoms. The summed E-state index contributed by atoms with van der Waals surface area (Å²) in [6.07, 6.45) is 29.0. The molecule has 5 nitrogen and oxygen atoms in total. The molecular formula is C37H72O5. The van der Waals surface area contributed by atoms with Gasteiger partial charge >= 0.3 is 11.9 Å². The van der Waals surface area contributed by atoms with E-state index in [1.165, 1.54) is 109 Å². The maximum Gasteiger partial charge on any atom is 0.345 e. The molecule has 0 aromatic heterocycles. The van der Waals surface area contributed by atoms with Crippen LogP contribution in [0.15, 0.2) is 0 Å². The molecule has 2 N–H and O–H groups in total. The number of aliphatic hydroxyl groups excluding tert-OH is 2. The lowest BCUT2D eigenvalue weighted by atomic mass is 9.65. The fourth-order valence-electron chi connectivity index (χ4n) is 6.54.